The molecule has 0 saturated heterocycles. The lowest BCUT2D eigenvalue weighted by Gasteiger charge is -2.16. The summed E-state index contributed by atoms with van der Waals surface area (Å²) >= 11 is 0. The van der Waals surface area contributed by atoms with Gasteiger partial charge in [0.25, 0.3) is 15.9 Å². The number of para-hydroxylation sites is 2. The normalized spacial score (nSPS) is 11.1. The van der Waals surface area contributed by atoms with Crippen LogP contribution in [0.1, 0.15) is 21.9 Å². The fourth-order valence-corrected chi connectivity index (χ4v) is 3.88. The molecule has 2 aromatic carbocycles. The number of carbonyl (C=O) groups excluding carboxylic acids is 1. The van der Waals surface area contributed by atoms with E-state index in [1.807, 2.05) is 19.1 Å². The van der Waals surface area contributed by atoms with E-state index < -0.39 is 10.0 Å². The van der Waals surface area contributed by atoms with Crippen LogP contribution in [-0.4, -0.2) is 33.4 Å². The number of aryl methyl sites for hydroxylation is 1. The molecule has 152 valence electrons. The molecule has 7 nitrogen and oxygen atoms in total. The second-order valence-corrected chi connectivity index (χ2v) is 8.19. The van der Waals surface area contributed by atoms with Gasteiger partial charge in [0, 0.05) is 12.6 Å². The number of amides is 1. The van der Waals surface area contributed by atoms with Crippen LogP contribution in [0.3, 0.4) is 0 Å². The van der Waals surface area contributed by atoms with Crippen LogP contribution in [0.5, 0.6) is 5.75 Å². The average Bonchev–Trinajstić information content (AvgIpc) is 3.12. The van der Waals surface area contributed by atoms with E-state index >= 15 is 0 Å². The highest BCUT2D eigenvalue weighted by Gasteiger charge is 2.18. The fraction of sp³-hybridized carbons (Fsp3) is 0.190. The van der Waals surface area contributed by atoms with E-state index in [-0.39, 0.29) is 10.8 Å². The van der Waals surface area contributed by atoms with E-state index in [1.54, 1.807) is 31.3 Å². The van der Waals surface area contributed by atoms with E-state index in [9.17, 15) is 13.2 Å². The molecule has 0 spiro atoms. The molecular weight excluding hydrogens is 392 g/mol. The van der Waals surface area contributed by atoms with Crippen LogP contribution in [0.4, 0.5) is 5.69 Å². The van der Waals surface area contributed by atoms with Crippen LogP contribution in [0, 0.1) is 6.92 Å². The van der Waals surface area contributed by atoms with Gasteiger partial charge >= 0.3 is 0 Å². The maximum Gasteiger partial charge on any atom is 0.262 e. The summed E-state index contributed by atoms with van der Waals surface area (Å²) in [4.78, 5) is 14.1. The SMILES string of the molecule is COc1ccccc1NS(=O)(=O)c1ccc(C(=O)N(C)Cc2ccc(C)o2)cc1. The minimum atomic E-state index is -3.82. The first-order valence-electron chi connectivity index (χ1n) is 8.87. The van der Waals surface area contributed by atoms with Crippen LogP contribution in [0.2, 0.25) is 0 Å². The molecular formula is C21H22N2O5S. The van der Waals surface area contributed by atoms with Gasteiger partial charge in [-0.1, -0.05) is 12.1 Å². The number of nitrogens with one attached hydrogen (secondary N) is 1. The Morgan fingerprint density at radius 1 is 1.07 bits per heavy atom. The third-order valence-electron chi connectivity index (χ3n) is 4.30. The predicted octanol–water partition coefficient (Wildman–Crippen LogP) is 3.67. The number of sulfonamides is 1. The lowest BCUT2D eigenvalue weighted by molar-refractivity contribution is 0.0775. The molecule has 1 heterocycles. The van der Waals surface area contributed by atoms with Gasteiger partial charge in [0.2, 0.25) is 0 Å². The molecule has 1 aromatic heterocycles. The Labute approximate surface area is 170 Å². The van der Waals surface area contributed by atoms with E-state index in [2.05, 4.69) is 4.72 Å². The molecule has 3 rings (SSSR count). The standard InChI is InChI=1S/C21H22N2O5S/c1-15-8-11-17(28-15)14-23(2)21(24)16-9-12-18(13-10-16)29(25,26)22-19-6-4-5-7-20(19)27-3/h4-13,22H,14H2,1-3H3. The summed E-state index contributed by atoms with van der Waals surface area (Å²) in [5.74, 6) is 1.63. The van der Waals surface area contributed by atoms with E-state index in [0.29, 0.717) is 29.3 Å². The van der Waals surface area contributed by atoms with Gasteiger partial charge in [0.15, 0.2) is 0 Å². The first kappa shape index (κ1) is 20.5. The third-order valence-corrected chi connectivity index (χ3v) is 5.68. The number of rotatable bonds is 7. The van der Waals surface area contributed by atoms with Gasteiger partial charge in [0.1, 0.15) is 17.3 Å². The van der Waals surface area contributed by atoms with Gasteiger partial charge in [0.05, 0.1) is 24.2 Å². The van der Waals surface area contributed by atoms with Crippen molar-refractivity contribution >= 4 is 21.6 Å². The topological polar surface area (TPSA) is 88.8 Å². The van der Waals surface area contributed by atoms with Crippen molar-refractivity contribution in [1.29, 1.82) is 0 Å². The van der Waals surface area contributed by atoms with E-state index in [4.69, 9.17) is 9.15 Å². The minimum Gasteiger partial charge on any atom is -0.495 e. The summed E-state index contributed by atoms with van der Waals surface area (Å²) in [5.41, 5.74) is 0.718. The molecule has 0 fully saturated rings. The van der Waals surface area contributed by atoms with Gasteiger partial charge in [-0.2, -0.15) is 0 Å². The summed E-state index contributed by atoms with van der Waals surface area (Å²) in [5, 5.41) is 0. The molecule has 0 radical (unpaired) electrons. The Kier molecular flexibility index (Phi) is 5.93. The zero-order valence-corrected chi connectivity index (χ0v) is 17.2. The number of hydrogen-bond acceptors (Lipinski definition) is 5. The van der Waals surface area contributed by atoms with Gasteiger partial charge in [-0.15, -0.1) is 0 Å². The smallest absolute Gasteiger partial charge is 0.262 e. The first-order chi connectivity index (χ1) is 13.8. The van der Waals surface area contributed by atoms with Crippen molar-refractivity contribution in [3.05, 3.63) is 77.7 Å². The second-order valence-electron chi connectivity index (χ2n) is 6.50. The largest absolute Gasteiger partial charge is 0.495 e. The van der Waals surface area contributed by atoms with Crippen LogP contribution in [0.15, 0.2) is 70.0 Å². The molecule has 0 saturated carbocycles. The molecule has 1 N–H and O–H groups in total. The molecule has 0 unspecified atom stereocenters. The summed E-state index contributed by atoms with van der Waals surface area (Å²) in [6.45, 7) is 2.16. The molecule has 0 aliphatic heterocycles. The van der Waals surface area contributed by atoms with Gasteiger partial charge in [-0.25, -0.2) is 8.42 Å². The third kappa shape index (κ3) is 4.78. The monoisotopic (exact) mass is 414 g/mol. The van der Waals surface area contributed by atoms with Crippen molar-refractivity contribution < 1.29 is 22.4 Å². The van der Waals surface area contributed by atoms with Crippen LogP contribution < -0.4 is 9.46 Å². The summed E-state index contributed by atoms with van der Waals surface area (Å²) in [6.07, 6.45) is 0. The molecule has 0 aliphatic carbocycles. The Morgan fingerprint density at radius 3 is 2.38 bits per heavy atom. The zero-order chi connectivity index (χ0) is 21.0. The number of furan rings is 1. The molecule has 29 heavy (non-hydrogen) atoms. The molecule has 0 aliphatic rings. The molecule has 8 heteroatoms. The van der Waals surface area contributed by atoms with Crippen LogP contribution in [-0.2, 0) is 16.6 Å². The number of benzene rings is 2. The van der Waals surface area contributed by atoms with Gasteiger partial charge in [-0.3, -0.25) is 9.52 Å². The van der Waals surface area contributed by atoms with E-state index in [1.165, 1.54) is 36.3 Å². The number of methoxy groups -OCH3 is 1. The first-order valence-corrected chi connectivity index (χ1v) is 10.3. The Morgan fingerprint density at radius 2 is 1.76 bits per heavy atom. The van der Waals surface area contributed by atoms with Gasteiger partial charge in [-0.05, 0) is 55.5 Å². The van der Waals surface area contributed by atoms with Crippen LogP contribution >= 0.6 is 0 Å². The molecule has 0 atom stereocenters. The molecule has 0 bridgehead atoms. The Bertz CT molecular complexity index is 1100. The van der Waals surface area contributed by atoms with Crippen molar-refractivity contribution in [3.8, 4) is 5.75 Å². The minimum absolute atomic E-state index is 0.0456. The van der Waals surface area contributed by atoms with Crippen molar-refractivity contribution in [2.45, 2.75) is 18.4 Å². The van der Waals surface area contributed by atoms with E-state index in [0.717, 1.165) is 5.76 Å². The maximum absolute atomic E-state index is 12.7. The van der Waals surface area contributed by atoms with Crippen molar-refractivity contribution in [3.63, 3.8) is 0 Å². The Balaban J connectivity index is 1.74. The molecule has 1 amide bonds. The number of hydrogen-bond donors (Lipinski definition) is 1. The highest BCUT2D eigenvalue weighted by molar-refractivity contribution is 7.92. The quantitative estimate of drug-likeness (QED) is 0.637. The average molecular weight is 414 g/mol. The maximum atomic E-state index is 12.7. The van der Waals surface area contributed by atoms with Gasteiger partial charge < -0.3 is 14.1 Å². The number of anilines is 1. The summed E-state index contributed by atoms with van der Waals surface area (Å²) < 4.78 is 38.5. The highest BCUT2D eigenvalue weighted by atomic mass is 32.2. The summed E-state index contributed by atoms with van der Waals surface area (Å²) in [6, 6.07) is 16.2. The van der Waals surface area contributed by atoms with Crippen LogP contribution in [0.25, 0.3) is 0 Å². The summed E-state index contributed by atoms with van der Waals surface area (Å²) in [7, 11) is -0.697. The predicted molar refractivity (Wildman–Crippen MR) is 109 cm³/mol. The highest BCUT2D eigenvalue weighted by Crippen LogP contribution is 2.26. The van der Waals surface area contributed by atoms with Crippen molar-refractivity contribution in [2.24, 2.45) is 0 Å². The zero-order valence-electron chi connectivity index (χ0n) is 16.4. The lowest BCUT2D eigenvalue weighted by Crippen LogP contribution is -2.26. The fourth-order valence-electron chi connectivity index (χ4n) is 2.81. The number of carbonyl (C=O) groups is 1. The number of ether oxygens (including phenoxy) is 1. The number of nitrogens with zero attached hydrogens (tertiary/aromatic N) is 1. The van der Waals surface area contributed by atoms with Crippen molar-refractivity contribution in [1.82, 2.24) is 4.90 Å². The molecule has 3 aromatic rings. The lowest BCUT2D eigenvalue weighted by atomic mass is 10.2. The van der Waals surface area contributed by atoms with Crippen molar-refractivity contribution in [2.75, 3.05) is 18.9 Å². The Hall–Kier alpha value is -3.26. The second kappa shape index (κ2) is 8.40.